The Labute approximate surface area is 99.9 Å². The van der Waals surface area contributed by atoms with E-state index >= 15 is 0 Å². The van der Waals surface area contributed by atoms with Gasteiger partial charge >= 0.3 is 6.09 Å². The highest BCUT2D eigenvalue weighted by Crippen LogP contribution is 2.21. The number of imidazole rings is 1. The van der Waals surface area contributed by atoms with E-state index in [1.807, 2.05) is 37.3 Å². The van der Waals surface area contributed by atoms with Crippen molar-refractivity contribution in [3.8, 4) is 0 Å². The van der Waals surface area contributed by atoms with Gasteiger partial charge in [0.2, 0.25) is 0 Å². The van der Waals surface area contributed by atoms with Gasteiger partial charge in [-0.3, -0.25) is 0 Å². The second kappa shape index (κ2) is 5.30. The van der Waals surface area contributed by atoms with Crippen LogP contribution in [-0.4, -0.2) is 15.6 Å². The third-order valence-electron chi connectivity index (χ3n) is 2.50. The van der Waals surface area contributed by atoms with Gasteiger partial charge in [0.1, 0.15) is 12.4 Å². The van der Waals surface area contributed by atoms with Crippen LogP contribution in [-0.2, 0) is 4.74 Å². The average Bonchev–Trinajstić information content (AvgIpc) is 2.90. The van der Waals surface area contributed by atoms with E-state index in [0.717, 1.165) is 12.0 Å². The van der Waals surface area contributed by atoms with Gasteiger partial charge in [0.15, 0.2) is 0 Å². The van der Waals surface area contributed by atoms with Crippen molar-refractivity contribution in [2.24, 2.45) is 0 Å². The van der Waals surface area contributed by atoms with Gasteiger partial charge in [-0.15, -0.1) is 0 Å². The van der Waals surface area contributed by atoms with Crippen LogP contribution >= 0.6 is 0 Å². The summed E-state index contributed by atoms with van der Waals surface area (Å²) >= 11 is 0. The fraction of sp³-hybridized carbons (Fsp3) is 0.231. The SMILES string of the molecule is CCC(OC(=O)n1ccnc1)c1ccccc1. The minimum absolute atomic E-state index is 0.217. The maximum Gasteiger partial charge on any atom is 0.419 e. The summed E-state index contributed by atoms with van der Waals surface area (Å²) in [5.41, 5.74) is 1.00. The Bertz CT molecular complexity index is 465. The molecule has 0 saturated carbocycles. The first-order chi connectivity index (χ1) is 8.31. The molecule has 1 unspecified atom stereocenters. The molecule has 0 spiro atoms. The molecule has 17 heavy (non-hydrogen) atoms. The molecule has 0 fully saturated rings. The van der Waals surface area contributed by atoms with Gasteiger partial charge in [0.05, 0.1) is 0 Å². The smallest absolute Gasteiger partial charge is 0.419 e. The molecular weight excluding hydrogens is 216 g/mol. The Hall–Kier alpha value is -2.10. The first-order valence-corrected chi connectivity index (χ1v) is 5.55. The molecule has 4 nitrogen and oxygen atoms in total. The Kier molecular flexibility index (Phi) is 3.55. The molecule has 0 amide bonds. The lowest BCUT2D eigenvalue weighted by Crippen LogP contribution is -2.15. The van der Waals surface area contributed by atoms with E-state index in [4.69, 9.17) is 4.74 Å². The molecule has 0 N–H and O–H groups in total. The van der Waals surface area contributed by atoms with E-state index < -0.39 is 6.09 Å². The molecular formula is C13H14N2O2. The average molecular weight is 230 g/mol. The third-order valence-corrected chi connectivity index (χ3v) is 2.50. The van der Waals surface area contributed by atoms with Crippen LogP contribution in [0.25, 0.3) is 0 Å². The molecule has 1 heterocycles. The normalized spacial score (nSPS) is 12.1. The van der Waals surface area contributed by atoms with Crippen LogP contribution < -0.4 is 0 Å². The summed E-state index contributed by atoms with van der Waals surface area (Å²) in [7, 11) is 0. The molecule has 0 saturated heterocycles. The number of hydrogen-bond donors (Lipinski definition) is 0. The number of ether oxygens (including phenoxy) is 1. The van der Waals surface area contributed by atoms with Crippen molar-refractivity contribution in [2.75, 3.05) is 0 Å². The van der Waals surface area contributed by atoms with Crippen LogP contribution in [0.15, 0.2) is 49.1 Å². The molecule has 4 heteroatoms. The molecule has 0 aliphatic carbocycles. The van der Waals surface area contributed by atoms with Crippen molar-refractivity contribution in [3.63, 3.8) is 0 Å². The summed E-state index contributed by atoms with van der Waals surface area (Å²) in [6, 6.07) is 9.71. The molecule has 2 aromatic rings. The Morgan fingerprint density at radius 3 is 2.76 bits per heavy atom. The van der Waals surface area contributed by atoms with Crippen LogP contribution in [0.1, 0.15) is 25.0 Å². The summed E-state index contributed by atoms with van der Waals surface area (Å²) < 4.78 is 6.74. The second-order valence-electron chi connectivity index (χ2n) is 3.66. The highest BCUT2D eigenvalue weighted by Gasteiger charge is 2.15. The molecule has 88 valence electrons. The lowest BCUT2D eigenvalue weighted by molar-refractivity contribution is 0.0964. The van der Waals surface area contributed by atoms with Gasteiger partial charge < -0.3 is 4.74 Å². The van der Waals surface area contributed by atoms with E-state index in [9.17, 15) is 4.79 Å². The number of carbonyl (C=O) groups is 1. The molecule has 0 radical (unpaired) electrons. The third kappa shape index (κ3) is 2.72. The van der Waals surface area contributed by atoms with Gasteiger partial charge in [-0.25, -0.2) is 14.3 Å². The van der Waals surface area contributed by atoms with E-state index in [-0.39, 0.29) is 6.10 Å². The van der Waals surface area contributed by atoms with Gasteiger partial charge in [0.25, 0.3) is 0 Å². The first kappa shape index (κ1) is 11.4. The fourth-order valence-corrected chi connectivity index (χ4v) is 1.60. The Morgan fingerprint density at radius 1 is 1.41 bits per heavy atom. The lowest BCUT2D eigenvalue weighted by atomic mass is 10.1. The molecule has 0 aliphatic rings. The van der Waals surface area contributed by atoms with Crippen molar-refractivity contribution in [2.45, 2.75) is 19.4 Å². The predicted octanol–water partition coefficient (Wildman–Crippen LogP) is 3.02. The topological polar surface area (TPSA) is 44.1 Å². The second-order valence-corrected chi connectivity index (χ2v) is 3.66. The van der Waals surface area contributed by atoms with E-state index in [1.54, 1.807) is 12.4 Å². The minimum atomic E-state index is -0.404. The van der Waals surface area contributed by atoms with Gasteiger partial charge in [0, 0.05) is 12.4 Å². The molecule has 0 aliphatic heterocycles. The number of rotatable bonds is 3. The number of benzene rings is 1. The fourth-order valence-electron chi connectivity index (χ4n) is 1.60. The first-order valence-electron chi connectivity index (χ1n) is 5.55. The van der Waals surface area contributed by atoms with Crippen LogP contribution in [0, 0.1) is 0 Å². The number of nitrogens with zero attached hydrogens (tertiary/aromatic N) is 2. The van der Waals surface area contributed by atoms with Crippen molar-refractivity contribution < 1.29 is 9.53 Å². The van der Waals surface area contributed by atoms with Gasteiger partial charge in [-0.05, 0) is 12.0 Å². The van der Waals surface area contributed by atoms with Gasteiger partial charge in [-0.2, -0.15) is 0 Å². The van der Waals surface area contributed by atoms with Crippen LogP contribution in [0.5, 0.6) is 0 Å². The minimum Gasteiger partial charge on any atom is -0.441 e. The molecule has 2 rings (SSSR count). The zero-order valence-electron chi connectivity index (χ0n) is 9.61. The predicted molar refractivity (Wildman–Crippen MR) is 63.6 cm³/mol. The lowest BCUT2D eigenvalue weighted by Gasteiger charge is -2.16. The van der Waals surface area contributed by atoms with E-state index in [1.165, 1.54) is 10.9 Å². The number of carbonyl (C=O) groups excluding carboxylic acids is 1. The summed E-state index contributed by atoms with van der Waals surface area (Å²) in [6.07, 6.45) is 4.67. The van der Waals surface area contributed by atoms with Crippen LogP contribution in [0.4, 0.5) is 4.79 Å². The van der Waals surface area contributed by atoms with Crippen LogP contribution in [0.3, 0.4) is 0 Å². The molecule has 1 atom stereocenters. The maximum atomic E-state index is 11.7. The zero-order chi connectivity index (χ0) is 12.1. The summed E-state index contributed by atoms with van der Waals surface area (Å²) in [5.74, 6) is 0. The Balaban J connectivity index is 2.09. The summed E-state index contributed by atoms with van der Waals surface area (Å²) in [6.45, 7) is 1.98. The van der Waals surface area contributed by atoms with Crippen molar-refractivity contribution >= 4 is 6.09 Å². The van der Waals surface area contributed by atoms with E-state index in [0.29, 0.717) is 0 Å². The number of hydrogen-bond acceptors (Lipinski definition) is 3. The monoisotopic (exact) mass is 230 g/mol. The standard InChI is InChI=1S/C13H14N2O2/c1-2-12(11-6-4-3-5-7-11)17-13(16)15-9-8-14-10-15/h3-10,12H,2H2,1H3. The number of aromatic nitrogens is 2. The Morgan fingerprint density at radius 2 is 2.18 bits per heavy atom. The highest BCUT2D eigenvalue weighted by atomic mass is 16.6. The van der Waals surface area contributed by atoms with Crippen molar-refractivity contribution in [3.05, 3.63) is 54.6 Å². The van der Waals surface area contributed by atoms with Crippen LogP contribution in [0.2, 0.25) is 0 Å². The summed E-state index contributed by atoms with van der Waals surface area (Å²) in [4.78, 5) is 15.6. The maximum absolute atomic E-state index is 11.7. The quantitative estimate of drug-likeness (QED) is 0.814. The van der Waals surface area contributed by atoms with Crippen molar-refractivity contribution in [1.82, 2.24) is 9.55 Å². The summed E-state index contributed by atoms with van der Waals surface area (Å²) in [5, 5.41) is 0. The van der Waals surface area contributed by atoms with E-state index in [2.05, 4.69) is 4.98 Å². The largest absolute Gasteiger partial charge is 0.441 e. The molecule has 0 bridgehead atoms. The van der Waals surface area contributed by atoms with Crippen molar-refractivity contribution in [1.29, 1.82) is 0 Å². The van der Waals surface area contributed by atoms with Gasteiger partial charge in [-0.1, -0.05) is 37.3 Å². The molecule has 1 aromatic carbocycles. The zero-order valence-corrected chi connectivity index (χ0v) is 9.61. The highest BCUT2D eigenvalue weighted by molar-refractivity contribution is 5.70. The molecule has 1 aromatic heterocycles.